The summed E-state index contributed by atoms with van der Waals surface area (Å²) in [6.07, 6.45) is 0. The molecule has 1 saturated heterocycles. The highest BCUT2D eigenvalue weighted by Gasteiger charge is 2.21. The normalized spacial score (nSPS) is 22.6. The Morgan fingerprint density at radius 2 is 2.29 bits per heavy atom. The van der Waals surface area contributed by atoms with E-state index in [1.54, 1.807) is 0 Å². The molecular formula is C13H19ClN2O. The number of morpholine rings is 1. The van der Waals surface area contributed by atoms with E-state index in [1.807, 2.05) is 19.1 Å². The molecule has 2 atom stereocenters. The molecule has 4 heteroatoms. The van der Waals surface area contributed by atoms with Crippen molar-refractivity contribution in [2.24, 2.45) is 5.73 Å². The molecule has 1 aromatic carbocycles. The summed E-state index contributed by atoms with van der Waals surface area (Å²) in [4.78, 5) is 2.29. The summed E-state index contributed by atoms with van der Waals surface area (Å²) in [6.45, 7) is 6.51. The standard InChI is InChI=1S/C13H19ClN2O/c1-9-8-17-6-5-16(9)13-4-3-11(10(2)15)7-12(13)14/h3-4,7,9-10H,5-6,8,15H2,1-2H3/t9?,10-/m1/s1. The Labute approximate surface area is 107 Å². The van der Waals surface area contributed by atoms with Gasteiger partial charge in [0, 0.05) is 18.6 Å². The Bertz CT molecular complexity index is 395. The van der Waals surface area contributed by atoms with Gasteiger partial charge in [0.1, 0.15) is 0 Å². The fourth-order valence-corrected chi connectivity index (χ4v) is 2.42. The van der Waals surface area contributed by atoms with Crippen molar-refractivity contribution < 1.29 is 4.74 Å². The first-order valence-corrected chi connectivity index (χ1v) is 6.37. The Balaban J connectivity index is 2.26. The average molecular weight is 255 g/mol. The number of nitrogens with zero attached hydrogens (tertiary/aromatic N) is 1. The molecule has 0 amide bonds. The van der Waals surface area contributed by atoms with Crippen molar-refractivity contribution >= 4 is 17.3 Å². The quantitative estimate of drug-likeness (QED) is 0.882. The summed E-state index contributed by atoms with van der Waals surface area (Å²) >= 11 is 6.33. The number of nitrogens with two attached hydrogens (primary N) is 1. The van der Waals surface area contributed by atoms with Gasteiger partial charge in [0.05, 0.1) is 23.9 Å². The maximum atomic E-state index is 6.33. The maximum Gasteiger partial charge on any atom is 0.0668 e. The molecule has 0 aliphatic carbocycles. The summed E-state index contributed by atoms with van der Waals surface area (Å²) in [5.41, 5.74) is 7.99. The molecule has 2 N–H and O–H groups in total. The van der Waals surface area contributed by atoms with Crippen LogP contribution >= 0.6 is 11.6 Å². The van der Waals surface area contributed by atoms with Gasteiger partial charge in [-0.25, -0.2) is 0 Å². The fraction of sp³-hybridized carbons (Fsp3) is 0.538. The van der Waals surface area contributed by atoms with Crippen LogP contribution in [0.15, 0.2) is 18.2 Å². The minimum Gasteiger partial charge on any atom is -0.377 e. The highest BCUT2D eigenvalue weighted by atomic mass is 35.5. The van der Waals surface area contributed by atoms with Gasteiger partial charge in [0.25, 0.3) is 0 Å². The van der Waals surface area contributed by atoms with Gasteiger partial charge in [0.15, 0.2) is 0 Å². The van der Waals surface area contributed by atoms with E-state index in [4.69, 9.17) is 22.1 Å². The van der Waals surface area contributed by atoms with Crippen LogP contribution in [-0.4, -0.2) is 25.8 Å². The summed E-state index contributed by atoms with van der Waals surface area (Å²) in [5, 5.41) is 0.772. The van der Waals surface area contributed by atoms with Crippen LogP contribution in [0.5, 0.6) is 0 Å². The second-order valence-electron chi connectivity index (χ2n) is 4.62. The van der Waals surface area contributed by atoms with Crippen LogP contribution in [0, 0.1) is 0 Å². The van der Waals surface area contributed by atoms with E-state index >= 15 is 0 Å². The van der Waals surface area contributed by atoms with E-state index in [1.165, 1.54) is 0 Å². The van der Waals surface area contributed by atoms with Gasteiger partial charge in [-0.1, -0.05) is 17.7 Å². The molecule has 1 aromatic rings. The largest absolute Gasteiger partial charge is 0.377 e. The predicted molar refractivity (Wildman–Crippen MR) is 71.7 cm³/mol. The highest BCUT2D eigenvalue weighted by molar-refractivity contribution is 6.33. The Hall–Kier alpha value is -0.770. The lowest BCUT2D eigenvalue weighted by Gasteiger charge is -2.36. The lowest BCUT2D eigenvalue weighted by molar-refractivity contribution is 0.0989. The van der Waals surface area contributed by atoms with Gasteiger partial charge in [-0.3, -0.25) is 0 Å². The van der Waals surface area contributed by atoms with Crippen LogP contribution in [-0.2, 0) is 4.74 Å². The third-order valence-electron chi connectivity index (χ3n) is 3.17. The molecule has 1 fully saturated rings. The molecule has 1 aliphatic rings. The van der Waals surface area contributed by atoms with Crippen LogP contribution in [0.3, 0.4) is 0 Å². The van der Waals surface area contributed by atoms with E-state index in [9.17, 15) is 0 Å². The van der Waals surface area contributed by atoms with Gasteiger partial charge in [-0.15, -0.1) is 0 Å². The van der Waals surface area contributed by atoms with Gasteiger partial charge in [-0.2, -0.15) is 0 Å². The third-order valence-corrected chi connectivity index (χ3v) is 3.48. The second-order valence-corrected chi connectivity index (χ2v) is 5.02. The summed E-state index contributed by atoms with van der Waals surface area (Å²) < 4.78 is 5.43. The van der Waals surface area contributed by atoms with Crippen molar-refractivity contribution in [1.29, 1.82) is 0 Å². The molecule has 94 valence electrons. The number of hydrogen-bond donors (Lipinski definition) is 1. The van der Waals surface area contributed by atoms with E-state index in [-0.39, 0.29) is 6.04 Å². The molecule has 2 rings (SSSR count). The zero-order chi connectivity index (χ0) is 12.4. The van der Waals surface area contributed by atoms with Crippen molar-refractivity contribution in [1.82, 2.24) is 0 Å². The first-order valence-electron chi connectivity index (χ1n) is 5.99. The van der Waals surface area contributed by atoms with Gasteiger partial charge >= 0.3 is 0 Å². The number of rotatable bonds is 2. The smallest absolute Gasteiger partial charge is 0.0668 e. The Morgan fingerprint density at radius 1 is 1.53 bits per heavy atom. The molecule has 0 bridgehead atoms. The van der Waals surface area contributed by atoms with Crippen molar-refractivity contribution in [3.8, 4) is 0 Å². The van der Waals surface area contributed by atoms with Crippen molar-refractivity contribution in [3.63, 3.8) is 0 Å². The fourth-order valence-electron chi connectivity index (χ4n) is 2.12. The first-order chi connectivity index (χ1) is 8.09. The SMILES string of the molecule is CC1COCCN1c1ccc([C@@H](C)N)cc1Cl. The van der Waals surface area contributed by atoms with E-state index in [2.05, 4.69) is 17.9 Å². The number of anilines is 1. The van der Waals surface area contributed by atoms with Crippen LogP contribution in [0.1, 0.15) is 25.5 Å². The second kappa shape index (κ2) is 5.25. The molecular weight excluding hydrogens is 236 g/mol. The minimum atomic E-state index is 0.0173. The number of halogens is 1. The molecule has 0 radical (unpaired) electrons. The van der Waals surface area contributed by atoms with Crippen molar-refractivity contribution in [3.05, 3.63) is 28.8 Å². The predicted octanol–water partition coefficient (Wildman–Crippen LogP) is 2.58. The molecule has 1 unspecified atom stereocenters. The van der Waals surface area contributed by atoms with E-state index in [0.717, 1.165) is 36.0 Å². The first kappa shape index (κ1) is 12.7. The summed E-state index contributed by atoms with van der Waals surface area (Å²) in [6, 6.07) is 6.45. The monoisotopic (exact) mass is 254 g/mol. The topological polar surface area (TPSA) is 38.5 Å². The lowest BCUT2D eigenvalue weighted by Crippen LogP contribution is -2.43. The minimum absolute atomic E-state index is 0.0173. The van der Waals surface area contributed by atoms with Crippen molar-refractivity contribution in [2.75, 3.05) is 24.7 Å². The summed E-state index contributed by atoms with van der Waals surface area (Å²) in [5.74, 6) is 0. The van der Waals surface area contributed by atoms with Crippen molar-refractivity contribution in [2.45, 2.75) is 25.9 Å². The molecule has 0 aromatic heterocycles. The van der Waals surface area contributed by atoms with Crippen LogP contribution in [0.2, 0.25) is 5.02 Å². The molecule has 1 aliphatic heterocycles. The molecule has 0 spiro atoms. The van der Waals surface area contributed by atoms with Crippen LogP contribution in [0.25, 0.3) is 0 Å². The third kappa shape index (κ3) is 2.73. The molecule has 3 nitrogen and oxygen atoms in total. The number of benzene rings is 1. The van der Waals surface area contributed by atoms with Gasteiger partial charge in [-0.05, 0) is 31.5 Å². The molecule has 1 heterocycles. The molecule has 17 heavy (non-hydrogen) atoms. The highest BCUT2D eigenvalue weighted by Crippen LogP contribution is 2.30. The van der Waals surface area contributed by atoms with Gasteiger partial charge < -0.3 is 15.4 Å². The summed E-state index contributed by atoms with van der Waals surface area (Å²) in [7, 11) is 0. The van der Waals surface area contributed by atoms with Gasteiger partial charge in [0.2, 0.25) is 0 Å². The number of ether oxygens (including phenoxy) is 1. The average Bonchev–Trinajstić information content (AvgIpc) is 2.30. The number of hydrogen-bond acceptors (Lipinski definition) is 3. The van der Waals surface area contributed by atoms with Crippen LogP contribution in [0.4, 0.5) is 5.69 Å². The Morgan fingerprint density at radius 3 is 2.88 bits per heavy atom. The Kier molecular flexibility index (Phi) is 3.92. The van der Waals surface area contributed by atoms with Crippen LogP contribution < -0.4 is 10.6 Å². The zero-order valence-corrected chi connectivity index (χ0v) is 11.1. The van der Waals surface area contributed by atoms with E-state index in [0.29, 0.717) is 6.04 Å². The van der Waals surface area contributed by atoms with E-state index < -0.39 is 0 Å². The molecule has 0 saturated carbocycles. The lowest BCUT2D eigenvalue weighted by atomic mass is 10.1. The maximum absolute atomic E-state index is 6.33. The zero-order valence-electron chi connectivity index (χ0n) is 10.3.